The lowest BCUT2D eigenvalue weighted by atomic mass is 9.65. The number of aliphatic hydroxyl groups excluding tert-OH is 1. The number of ether oxygens (including phenoxy) is 2. The summed E-state index contributed by atoms with van der Waals surface area (Å²) < 4.78 is 12.4. The second-order valence-corrected chi connectivity index (χ2v) is 11.7. The number of fused-ring (bicyclic) bond motifs is 2. The van der Waals surface area contributed by atoms with Crippen molar-refractivity contribution in [1.82, 2.24) is 4.90 Å². The number of hydrogen-bond acceptors (Lipinski definition) is 6. The van der Waals surface area contributed by atoms with Crippen molar-refractivity contribution in [2.24, 2.45) is 11.8 Å². The normalized spacial score (nSPS) is 27.7. The highest BCUT2D eigenvalue weighted by Crippen LogP contribution is 2.64. The van der Waals surface area contributed by atoms with E-state index in [1.165, 1.54) is 6.08 Å². The van der Waals surface area contributed by atoms with Crippen LogP contribution in [0.15, 0.2) is 67.8 Å². The van der Waals surface area contributed by atoms with Crippen molar-refractivity contribution in [2.45, 2.75) is 69.1 Å². The van der Waals surface area contributed by atoms with E-state index in [0.717, 1.165) is 23.6 Å². The Bertz CT molecular complexity index is 1360. The molecule has 3 heterocycles. The Morgan fingerprint density at radius 1 is 1.10 bits per heavy atom. The third kappa shape index (κ3) is 4.94. The smallest absolute Gasteiger partial charge is 0.313 e. The molecule has 42 heavy (non-hydrogen) atoms. The van der Waals surface area contributed by atoms with Gasteiger partial charge in [-0.2, -0.15) is 0 Å². The molecule has 0 aliphatic carbocycles. The summed E-state index contributed by atoms with van der Waals surface area (Å²) in [5, 5.41) is 11.3. The Hall–Kier alpha value is -3.49. The molecule has 3 aliphatic rings. The highest BCUT2D eigenvalue weighted by atomic mass is 16.6. The zero-order chi connectivity index (χ0) is 29.9. The summed E-state index contributed by atoms with van der Waals surface area (Å²) >= 11 is 0. The molecular formula is C34H42N2O6. The first-order valence-electron chi connectivity index (χ1n) is 15.2. The Morgan fingerprint density at radius 3 is 2.57 bits per heavy atom. The van der Waals surface area contributed by atoms with Crippen LogP contribution in [0.2, 0.25) is 0 Å². The number of aliphatic hydroxyl groups is 1. The molecule has 3 saturated heterocycles. The molecular weight excluding hydrogens is 532 g/mol. The van der Waals surface area contributed by atoms with Crippen molar-refractivity contribution in [3.8, 4) is 0 Å². The van der Waals surface area contributed by atoms with E-state index >= 15 is 0 Å². The van der Waals surface area contributed by atoms with Gasteiger partial charge in [0.05, 0.1) is 11.5 Å². The van der Waals surface area contributed by atoms with Crippen molar-refractivity contribution in [3.05, 3.63) is 67.8 Å². The fourth-order valence-corrected chi connectivity index (χ4v) is 7.52. The molecule has 3 fully saturated rings. The lowest BCUT2D eigenvalue weighted by molar-refractivity contribution is -0.159. The van der Waals surface area contributed by atoms with Crippen molar-refractivity contribution in [2.75, 3.05) is 31.2 Å². The topological polar surface area (TPSA) is 96.4 Å². The molecule has 0 saturated carbocycles. The number of nitrogens with zero attached hydrogens (tertiary/aromatic N) is 2. The van der Waals surface area contributed by atoms with Gasteiger partial charge in [-0.1, -0.05) is 68.8 Å². The van der Waals surface area contributed by atoms with E-state index in [-0.39, 0.29) is 31.6 Å². The molecule has 8 nitrogen and oxygen atoms in total. The van der Waals surface area contributed by atoms with Crippen LogP contribution in [0.4, 0.5) is 5.69 Å². The first-order valence-corrected chi connectivity index (χ1v) is 15.2. The first kappa shape index (κ1) is 30.0. The molecule has 0 aromatic heterocycles. The van der Waals surface area contributed by atoms with E-state index in [0.29, 0.717) is 44.3 Å². The molecule has 5 rings (SSSR count). The monoisotopic (exact) mass is 574 g/mol. The number of hydrogen-bond donors (Lipinski definition) is 1. The molecule has 3 aliphatic heterocycles. The minimum Gasteiger partial charge on any atom is -0.461 e. The third-order valence-electron chi connectivity index (χ3n) is 9.44. The van der Waals surface area contributed by atoms with Crippen molar-refractivity contribution in [1.29, 1.82) is 0 Å². The van der Waals surface area contributed by atoms with E-state index in [1.807, 2.05) is 49.4 Å². The lowest BCUT2D eigenvalue weighted by Gasteiger charge is -2.37. The number of rotatable bonds is 14. The summed E-state index contributed by atoms with van der Waals surface area (Å²) in [5.74, 6) is -2.50. The van der Waals surface area contributed by atoms with Crippen molar-refractivity contribution in [3.63, 3.8) is 0 Å². The van der Waals surface area contributed by atoms with Crippen LogP contribution in [0.25, 0.3) is 10.8 Å². The van der Waals surface area contributed by atoms with E-state index in [1.54, 1.807) is 15.9 Å². The fourth-order valence-electron chi connectivity index (χ4n) is 7.52. The average molecular weight is 575 g/mol. The summed E-state index contributed by atoms with van der Waals surface area (Å²) in [6.07, 6.45) is 7.85. The molecule has 1 spiro atoms. The Kier molecular flexibility index (Phi) is 8.85. The minimum absolute atomic E-state index is 0.0506. The SMILES string of the molecule is C=CCOC(=O)[C@H]1[C@H]2C(=O)N(CCCCCCO)C(C(=O)N(CC=C)c3ccc4ccccc4c3)C23CC[C@]1(CC)O3. The number of amides is 2. The second kappa shape index (κ2) is 12.4. The van der Waals surface area contributed by atoms with Gasteiger partial charge in [0.2, 0.25) is 5.91 Å². The van der Waals surface area contributed by atoms with E-state index in [9.17, 15) is 19.5 Å². The second-order valence-electron chi connectivity index (χ2n) is 11.7. The maximum absolute atomic E-state index is 14.8. The first-order chi connectivity index (χ1) is 20.4. The Labute approximate surface area is 248 Å². The van der Waals surface area contributed by atoms with Crippen LogP contribution in [-0.2, 0) is 23.9 Å². The summed E-state index contributed by atoms with van der Waals surface area (Å²) in [5.41, 5.74) is -1.26. The molecule has 224 valence electrons. The van der Waals surface area contributed by atoms with Crippen LogP contribution < -0.4 is 4.90 Å². The summed E-state index contributed by atoms with van der Waals surface area (Å²) in [7, 11) is 0. The maximum atomic E-state index is 14.8. The van der Waals surface area contributed by atoms with Gasteiger partial charge in [0, 0.05) is 25.4 Å². The van der Waals surface area contributed by atoms with Gasteiger partial charge >= 0.3 is 5.97 Å². The van der Waals surface area contributed by atoms with Crippen molar-refractivity contribution < 1.29 is 29.0 Å². The predicted octanol–water partition coefficient (Wildman–Crippen LogP) is 4.80. The summed E-state index contributed by atoms with van der Waals surface area (Å²) in [6, 6.07) is 13.0. The molecule has 1 N–H and O–H groups in total. The largest absolute Gasteiger partial charge is 0.461 e. The Balaban J connectivity index is 1.55. The molecule has 2 aromatic carbocycles. The van der Waals surface area contributed by atoms with Gasteiger partial charge in [0.15, 0.2) is 0 Å². The van der Waals surface area contributed by atoms with Gasteiger partial charge in [-0.05, 0) is 55.0 Å². The van der Waals surface area contributed by atoms with Crippen LogP contribution in [0.3, 0.4) is 0 Å². The van der Waals surface area contributed by atoms with Gasteiger partial charge in [-0.25, -0.2) is 0 Å². The fraction of sp³-hybridized carbons (Fsp3) is 0.500. The maximum Gasteiger partial charge on any atom is 0.313 e. The van der Waals surface area contributed by atoms with Crippen LogP contribution in [0.5, 0.6) is 0 Å². The van der Waals surface area contributed by atoms with Gasteiger partial charge < -0.3 is 24.4 Å². The number of carbonyl (C=O) groups is 3. The van der Waals surface area contributed by atoms with Crippen molar-refractivity contribution >= 4 is 34.2 Å². The molecule has 5 atom stereocenters. The number of unbranched alkanes of at least 4 members (excludes halogenated alkanes) is 3. The number of likely N-dealkylation sites (tertiary alicyclic amines) is 1. The highest BCUT2D eigenvalue weighted by molar-refractivity contribution is 6.05. The molecule has 2 unspecified atom stereocenters. The van der Waals surface area contributed by atoms with Crippen LogP contribution in [-0.4, -0.2) is 71.3 Å². The highest BCUT2D eigenvalue weighted by Gasteiger charge is 2.79. The summed E-state index contributed by atoms with van der Waals surface area (Å²) in [6.45, 7) is 10.3. The number of carbonyl (C=O) groups excluding carboxylic acids is 3. The quantitative estimate of drug-likeness (QED) is 0.198. The van der Waals surface area contributed by atoms with Crippen LogP contribution >= 0.6 is 0 Å². The van der Waals surface area contributed by atoms with Gasteiger partial charge in [-0.15, -0.1) is 6.58 Å². The molecule has 2 bridgehead atoms. The standard InChI is InChI=1S/C34H42N2O6/c1-4-19-35(26-16-15-24-13-9-10-14-25(24)23-26)31(39)29-34-18-17-33(6-3,42-34)28(32(40)41-22-5-2)27(34)30(38)36(29)20-11-7-8-12-21-37/h4-5,9-10,13-16,23,27-29,37H,1-2,6-8,11-12,17-22H2,3H3/t27-,28+,29?,33-,34?/m0/s1. The van der Waals surface area contributed by atoms with Gasteiger partial charge in [0.1, 0.15) is 24.2 Å². The average Bonchev–Trinajstić information content (AvgIpc) is 3.61. The summed E-state index contributed by atoms with van der Waals surface area (Å²) in [4.78, 5) is 45.9. The molecule has 2 amide bonds. The predicted molar refractivity (Wildman–Crippen MR) is 162 cm³/mol. The van der Waals surface area contributed by atoms with E-state index in [2.05, 4.69) is 13.2 Å². The lowest BCUT2D eigenvalue weighted by Crippen LogP contribution is -2.56. The van der Waals surface area contributed by atoms with Crippen LogP contribution in [0.1, 0.15) is 51.9 Å². The van der Waals surface area contributed by atoms with Gasteiger partial charge in [0.25, 0.3) is 5.91 Å². The molecule has 2 aromatic rings. The van der Waals surface area contributed by atoms with E-state index in [4.69, 9.17) is 9.47 Å². The molecule has 0 radical (unpaired) electrons. The number of esters is 1. The number of benzene rings is 2. The zero-order valence-electron chi connectivity index (χ0n) is 24.5. The zero-order valence-corrected chi connectivity index (χ0v) is 24.5. The van der Waals surface area contributed by atoms with E-state index < -0.39 is 35.0 Å². The third-order valence-corrected chi connectivity index (χ3v) is 9.44. The van der Waals surface area contributed by atoms with Gasteiger partial charge in [-0.3, -0.25) is 14.4 Å². The van der Waals surface area contributed by atoms with Crippen LogP contribution in [0, 0.1) is 11.8 Å². The minimum atomic E-state index is -1.12. The molecule has 8 heteroatoms. The Morgan fingerprint density at radius 2 is 1.86 bits per heavy atom. The number of anilines is 1.